The van der Waals surface area contributed by atoms with E-state index < -0.39 is 5.97 Å². The number of carbonyl (C=O) groups excluding carboxylic acids is 1. The largest absolute Gasteiger partial charge is 0.508 e. The molecule has 0 amide bonds. The molecule has 1 atom stereocenters. The van der Waals surface area contributed by atoms with Crippen molar-refractivity contribution in [3.8, 4) is 23.0 Å². The highest BCUT2D eigenvalue weighted by molar-refractivity contribution is 5.92. The molecule has 1 aliphatic rings. The van der Waals surface area contributed by atoms with Crippen molar-refractivity contribution in [3.05, 3.63) is 113 Å². The molecular weight excluding hydrogens is 446 g/mol. The summed E-state index contributed by atoms with van der Waals surface area (Å²) in [5.41, 5.74) is 4.17. The van der Waals surface area contributed by atoms with Crippen LogP contribution < -0.4 is 9.47 Å². The van der Waals surface area contributed by atoms with Crippen molar-refractivity contribution < 1.29 is 29.2 Å². The van der Waals surface area contributed by atoms with E-state index in [4.69, 9.17) is 14.2 Å². The molecule has 7 nitrogen and oxygen atoms in total. The molecule has 2 N–H and O–H groups in total. The third kappa shape index (κ3) is 4.41. The molecular formula is C28H23NO6. The molecule has 0 fully saturated rings. The smallest absolute Gasteiger partial charge is 0.338 e. The van der Waals surface area contributed by atoms with Crippen molar-refractivity contribution in [1.82, 2.24) is 4.98 Å². The van der Waals surface area contributed by atoms with Gasteiger partial charge in [0.15, 0.2) is 0 Å². The zero-order chi connectivity index (χ0) is 24.4. The lowest BCUT2D eigenvalue weighted by molar-refractivity contribution is 0.0599. The monoisotopic (exact) mass is 469 g/mol. The van der Waals surface area contributed by atoms with Gasteiger partial charge in [-0.3, -0.25) is 4.98 Å². The number of ether oxygens (including phenoxy) is 3. The number of pyridine rings is 1. The van der Waals surface area contributed by atoms with Gasteiger partial charge >= 0.3 is 5.97 Å². The number of aromatic nitrogens is 1. The number of methoxy groups -OCH3 is 1. The second kappa shape index (κ2) is 9.48. The molecule has 0 aliphatic carbocycles. The minimum absolute atomic E-state index is 0.0782. The summed E-state index contributed by atoms with van der Waals surface area (Å²) >= 11 is 0. The van der Waals surface area contributed by atoms with Gasteiger partial charge in [-0.25, -0.2) is 4.79 Å². The first-order valence-electron chi connectivity index (χ1n) is 11.1. The maximum Gasteiger partial charge on any atom is 0.338 e. The number of aliphatic hydroxyl groups is 1. The van der Waals surface area contributed by atoms with Gasteiger partial charge < -0.3 is 24.4 Å². The van der Waals surface area contributed by atoms with Crippen molar-refractivity contribution in [3.63, 3.8) is 0 Å². The quantitative estimate of drug-likeness (QED) is 0.340. The maximum absolute atomic E-state index is 12.5. The zero-order valence-electron chi connectivity index (χ0n) is 19.0. The van der Waals surface area contributed by atoms with E-state index in [0.717, 1.165) is 16.7 Å². The number of esters is 1. The highest BCUT2D eigenvalue weighted by atomic mass is 16.5. The average Bonchev–Trinajstić information content (AvgIpc) is 2.90. The van der Waals surface area contributed by atoms with Crippen molar-refractivity contribution in [2.75, 3.05) is 7.11 Å². The molecule has 7 heteroatoms. The van der Waals surface area contributed by atoms with E-state index in [1.165, 1.54) is 7.11 Å². The summed E-state index contributed by atoms with van der Waals surface area (Å²) in [5.74, 6) is 0.963. The number of hydrogen-bond donors (Lipinski definition) is 2. The SMILES string of the molecule is COC(=O)c1ccccc1C1c2ccc(O)cc2Oc2cc(OCc3cccc(CO)n3)ccc21. The second-order valence-corrected chi connectivity index (χ2v) is 8.10. The van der Waals surface area contributed by atoms with Crippen LogP contribution in [0.15, 0.2) is 78.9 Å². The van der Waals surface area contributed by atoms with Gasteiger partial charge in [-0.15, -0.1) is 0 Å². The zero-order valence-corrected chi connectivity index (χ0v) is 19.0. The Morgan fingerprint density at radius 3 is 2.46 bits per heavy atom. The van der Waals surface area contributed by atoms with Crippen molar-refractivity contribution >= 4 is 5.97 Å². The van der Waals surface area contributed by atoms with E-state index in [2.05, 4.69) is 4.98 Å². The van der Waals surface area contributed by atoms with Crippen LogP contribution in [0, 0.1) is 0 Å². The van der Waals surface area contributed by atoms with Gasteiger partial charge in [-0.2, -0.15) is 0 Å². The number of nitrogens with zero attached hydrogens (tertiary/aromatic N) is 1. The number of fused-ring (bicyclic) bond motifs is 2. The predicted molar refractivity (Wildman–Crippen MR) is 128 cm³/mol. The Morgan fingerprint density at radius 2 is 1.66 bits per heavy atom. The van der Waals surface area contributed by atoms with Crippen LogP contribution in [0.25, 0.3) is 0 Å². The van der Waals surface area contributed by atoms with Crippen molar-refractivity contribution in [2.24, 2.45) is 0 Å². The molecule has 4 aromatic rings. The molecule has 0 saturated carbocycles. The Balaban J connectivity index is 1.54. The number of phenolic OH excluding ortho intramolecular Hbond substituents is 1. The predicted octanol–water partition coefficient (Wildman–Crippen LogP) is 4.93. The normalized spacial score (nSPS) is 13.8. The van der Waals surface area contributed by atoms with Gasteiger partial charge in [-0.1, -0.05) is 36.4 Å². The lowest BCUT2D eigenvalue weighted by Gasteiger charge is -2.30. The van der Waals surface area contributed by atoms with Gasteiger partial charge in [0.2, 0.25) is 0 Å². The lowest BCUT2D eigenvalue weighted by atomic mass is 9.80. The van der Waals surface area contributed by atoms with Gasteiger partial charge in [0.05, 0.1) is 30.7 Å². The van der Waals surface area contributed by atoms with E-state index in [0.29, 0.717) is 34.2 Å². The Bertz CT molecular complexity index is 1400. The molecule has 5 rings (SSSR count). The van der Waals surface area contributed by atoms with Crippen LogP contribution >= 0.6 is 0 Å². The minimum atomic E-state index is -0.425. The van der Waals surface area contributed by atoms with E-state index >= 15 is 0 Å². The fourth-order valence-corrected chi connectivity index (χ4v) is 4.30. The Morgan fingerprint density at radius 1 is 0.914 bits per heavy atom. The lowest BCUT2D eigenvalue weighted by Crippen LogP contribution is -2.16. The van der Waals surface area contributed by atoms with Crippen LogP contribution in [0.1, 0.15) is 44.4 Å². The molecule has 0 radical (unpaired) electrons. The standard InChI is InChI=1S/C28H23NO6/c1-33-28(32)22-8-3-2-7-21(22)27-23-11-9-19(31)13-25(23)35-26-14-20(10-12-24(26)27)34-16-18-6-4-5-17(15-30)29-18/h2-14,27,30-31H,15-16H2,1H3. The highest BCUT2D eigenvalue weighted by Crippen LogP contribution is 2.49. The topological polar surface area (TPSA) is 98.1 Å². The summed E-state index contributed by atoms with van der Waals surface area (Å²) in [6, 6.07) is 23.2. The minimum Gasteiger partial charge on any atom is -0.508 e. The molecule has 0 saturated heterocycles. The highest BCUT2D eigenvalue weighted by Gasteiger charge is 2.32. The molecule has 0 bridgehead atoms. The number of benzene rings is 3. The molecule has 2 heterocycles. The first-order valence-corrected chi connectivity index (χ1v) is 11.1. The number of hydrogen-bond acceptors (Lipinski definition) is 7. The van der Waals surface area contributed by atoms with Crippen LogP contribution in [0.5, 0.6) is 23.0 Å². The van der Waals surface area contributed by atoms with Crippen molar-refractivity contribution in [2.45, 2.75) is 19.1 Å². The number of aromatic hydroxyl groups is 1. The molecule has 176 valence electrons. The molecule has 0 spiro atoms. The van der Waals surface area contributed by atoms with Crippen LogP contribution in [-0.2, 0) is 18.0 Å². The summed E-state index contributed by atoms with van der Waals surface area (Å²) in [4.78, 5) is 16.9. The second-order valence-electron chi connectivity index (χ2n) is 8.10. The van der Waals surface area contributed by atoms with Crippen LogP contribution in [0.2, 0.25) is 0 Å². The number of rotatable bonds is 6. The van der Waals surface area contributed by atoms with E-state index in [1.807, 2.05) is 36.4 Å². The van der Waals surface area contributed by atoms with Crippen LogP contribution in [-0.4, -0.2) is 28.3 Å². The third-order valence-electron chi connectivity index (χ3n) is 5.91. The van der Waals surface area contributed by atoms with Gasteiger partial charge in [-0.05, 0) is 35.9 Å². The summed E-state index contributed by atoms with van der Waals surface area (Å²) < 4.78 is 17.1. The maximum atomic E-state index is 12.5. The molecule has 35 heavy (non-hydrogen) atoms. The van der Waals surface area contributed by atoms with Gasteiger partial charge in [0.25, 0.3) is 0 Å². The molecule has 3 aromatic carbocycles. The molecule has 1 unspecified atom stereocenters. The van der Waals surface area contributed by atoms with Crippen LogP contribution in [0.4, 0.5) is 0 Å². The van der Waals surface area contributed by atoms with Gasteiger partial charge in [0, 0.05) is 29.2 Å². The fourth-order valence-electron chi connectivity index (χ4n) is 4.30. The molecule has 1 aliphatic heterocycles. The first-order chi connectivity index (χ1) is 17.1. The first kappa shape index (κ1) is 22.4. The van der Waals surface area contributed by atoms with E-state index in [-0.39, 0.29) is 24.9 Å². The number of aliphatic hydroxyl groups excluding tert-OH is 1. The number of carbonyl (C=O) groups is 1. The fraction of sp³-hybridized carbons (Fsp3) is 0.143. The Labute approximate surface area is 202 Å². The third-order valence-corrected chi connectivity index (χ3v) is 5.91. The Kier molecular flexibility index (Phi) is 6.08. The average molecular weight is 469 g/mol. The summed E-state index contributed by atoms with van der Waals surface area (Å²) in [6.07, 6.45) is 0. The van der Waals surface area contributed by atoms with E-state index in [1.54, 1.807) is 42.5 Å². The summed E-state index contributed by atoms with van der Waals surface area (Å²) in [6.45, 7) is 0.0832. The summed E-state index contributed by atoms with van der Waals surface area (Å²) in [7, 11) is 1.36. The van der Waals surface area contributed by atoms with Crippen LogP contribution in [0.3, 0.4) is 0 Å². The van der Waals surface area contributed by atoms with Gasteiger partial charge in [0.1, 0.15) is 29.6 Å². The Hall–Kier alpha value is -4.36. The van der Waals surface area contributed by atoms with Crippen molar-refractivity contribution in [1.29, 1.82) is 0 Å². The number of phenols is 1. The molecule has 1 aromatic heterocycles. The summed E-state index contributed by atoms with van der Waals surface area (Å²) in [5, 5.41) is 19.4. The van der Waals surface area contributed by atoms with E-state index in [9.17, 15) is 15.0 Å².